The fourth-order valence-electron chi connectivity index (χ4n) is 3.09. The fraction of sp³-hybridized carbons (Fsp3) is 0.333. The third-order valence-corrected chi connectivity index (χ3v) is 4.94. The molecule has 0 radical (unpaired) electrons. The molecule has 32 heavy (non-hydrogen) atoms. The highest BCUT2D eigenvalue weighted by molar-refractivity contribution is 5.96. The molecule has 0 spiro atoms. The Hall–Kier alpha value is -3.68. The normalized spacial score (nSPS) is 10.8. The summed E-state index contributed by atoms with van der Waals surface area (Å²) in [4.78, 5) is 29.2. The SMILES string of the molecule is COc1ccc(C(=O)NCCCC(=O)Nc2c(C)cccc2-c2nc(C(C)C)no2)cc1. The molecule has 2 amide bonds. The lowest BCUT2D eigenvalue weighted by Gasteiger charge is -2.12. The fourth-order valence-corrected chi connectivity index (χ4v) is 3.09. The summed E-state index contributed by atoms with van der Waals surface area (Å²) >= 11 is 0. The average Bonchev–Trinajstić information content (AvgIpc) is 3.28. The predicted molar refractivity (Wildman–Crippen MR) is 122 cm³/mol. The lowest BCUT2D eigenvalue weighted by Crippen LogP contribution is -2.25. The standard InChI is InChI=1S/C24H28N4O4/c1-15(2)22-27-24(32-28-22)19-8-5-7-16(3)21(19)26-20(29)9-6-14-25-23(30)17-10-12-18(31-4)13-11-17/h5,7-8,10-13,15H,6,9,14H2,1-4H3,(H,25,30)(H,26,29). The number of carbonyl (C=O) groups is 2. The average molecular weight is 437 g/mol. The molecule has 8 heteroatoms. The second-order valence-corrected chi connectivity index (χ2v) is 7.75. The van der Waals surface area contributed by atoms with Gasteiger partial charge in [0.05, 0.1) is 18.4 Å². The molecule has 3 aromatic rings. The minimum absolute atomic E-state index is 0.142. The van der Waals surface area contributed by atoms with Gasteiger partial charge in [0.2, 0.25) is 5.91 Å². The molecule has 0 bridgehead atoms. The van der Waals surface area contributed by atoms with Gasteiger partial charge in [-0.05, 0) is 49.2 Å². The molecule has 1 heterocycles. The van der Waals surface area contributed by atoms with E-state index in [1.807, 2.05) is 39.0 Å². The summed E-state index contributed by atoms with van der Waals surface area (Å²) in [5.41, 5.74) is 2.78. The summed E-state index contributed by atoms with van der Waals surface area (Å²) in [6.07, 6.45) is 0.769. The number of amides is 2. The molecule has 0 atom stereocenters. The predicted octanol–water partition coefficient (Wildman–Crippen LogP) is 4.33. The second kappa shape index (κ2) is 10.6. The van der Waals surface area contributed by atoms with Crippen molar-refractivity contribution in [2.24, 2.45) is 0 Å². The number of para-hydroxylation sites is 1. The molecule has 0 aliphatic carbocycles. The molecular weight excluding hydrogens is 408 g/mol. The van der Waals surface area contributed by atoms with Crippen LogP contribution in [-0.2, 0) is 4.79 Å². The van der Waals surface area contributed by atoms with E-state index >= 15 is 0 Å². The quantitative estimate of drug-likeness (QED) is 0.484. The smallest absolute Gasteiger partial charge is 0.260 e. The maximum absolute atomic E-state index is 12.5. The number of nitrogens with zero attached hydrogens (tertiary/aromatic N) is 2. The Kier molecular flexibility index (Phi) is 7.59. The Morgan fingerprint density at radius 3 is 2.53 bits per heavy atom. The van der Waals surface area contributed by atoms with Gasteiger partial charge in [0, 0.05) is 24.4 Å². The molecular formula is C24H28N4O4. The zero-order valence-corrected chi connectivity index (χ0v) is 18.8. The number of hydrogen-bond donors (Lipinski definition) is 2. The van der Waals surface area contributed by atoms with Crippen molar-refractivity contribution in [1.82, 2.24) is 15.5 Å². The number of aryl methyl sites for hydroxylation is 1. The Morgan fingerprint density at radius 1 is 1.12 bits per heavy atom. The van der Waals surface area contributed by atoms with E-state index < -0.39 is 0 Å². The molecule has 8 nitrogen and oxygen atoms in total. The molecule has 2 aromatic carbocycles. The Bertz CT molecular complexity index is 1070. The largest absolute Gasteiger partial charge is 0.497 e. The highest BCUT2D eigenvalue weighted by atomic mass is 16.5. The maximum atomic E-state index is 12.5. The summed E-state index contributed by atoms with van der Waals surface area (Å²) in [6, 6.07) is 12.5. The Labute approximate surface area is 187 Å². The summed E-state index contributed by atoms with van der Waals surface area (Å²) in [7, 11) is 1.57. The number of anilines is 1. The van der Waals surface area contributed by atoms with E-state index in [1.54, 1.807) is 31.4 Å². The molecule has 0 saturated heterocycles. The zero-order chi connectivity index (χ0) is 23.1. The first-order valence-electron chi connectivity index (χ1n) is 10.5. The van der Waals surface area contributed by atoms with E-state index in [-0.39, 0.29) is 24.2 Å². The lowest BCUT2D eigenvalue weighted by atomic mass is 10.1. The topological polar surface area (TPSA) is 106 Å². The maximum Gasteiger partial charge on any atom is 0.260 e. The van der Waals surface area contributed by atoms with Crippen molar-refractivity contribution in [2.45, 2.75) is 39.5 Å². The molecule has 0 fully saturated rings. The van der Waals surface area contributed by atoms with Gasteiger partial charge in [-0.3, -0.25) is 9.59 Å². The monoisotopic (exact) mass is 436 g/mol. The van der Waals surface area contributed by atoms with Crippen LogP contribution in [0.2, 0.25) is 0 Å². The van der Waals surface area contributed by atoms with Crippen molar-refractivity contribution < 1.29 is 18.8 Å². The number of benzene rings is 2. The van der Waals surface area contributed by atoms with Crippen molar-refractivity contribution in [3.63, 3.8) is 0 Å². The van der Waals surface area contributed by atoms with Crippen molar-refractivity contribution in [3.8, 4) is 17.2 Å². The minimum Gasteiger partial charge on any atom is -0.497 e. The van der Waals surface area contributed by atoms with Crippen molar-refractivity contribution in [1.29, 1.82) is 0 Å². The van der Waals surface area contributed by atoms with Crippen LogP contribution in [0.3, 0.4) is 0 Å². The summed E-state index contributed by atoms with van der Waals surface area (Å²) < 4.78 is 10.5. The van der Waals surface area contributed by atoms with Gasteiger partial charge < -0.3 is 19.9 Å². The zero-order valence-electron chi connectivity index (χ0n) is 18.8. The van der Waals surface area contributed by atoms with Crippen LogP contribution in [0.15, 0.2) is 47.0 Å². The number of aromatic nitrogens is 2. The first-order valence-corrected chi connectivity index (χ1v) is 10.5. The van der Waals surface area contributed by atoms with E-state index in [2.05, 4.69) is 20.8 Å². The Balaban J connectivity index is 1.55. The summed E-state index contributed by atoms with van der Waals surface area (Å²) in [5, 5.41) is 9.79. The molecule has 0 unspecified atom stereocenters. The number of nitrogens with one attached hydrogen (secondary N) is 2. The van der Waals surface area contributed by atoms with E-state index in [4.69, 9.17) is 9.26 Å². The number of carbonyl (C=O) groups excluding carboxylic acids is 2. The molecule has 0 aliphatic heterocycles. The van der Waals surface area contributed by atoms with Gasteiger partial charge in [0.1, 0.15) is 5.75 Å². The van der Waals surface area contributed by atoms with Crippen LogP contribution in [0, 0.1) is 6.92 Å². The van der Waals surface area contributed by atoms with E-state index in [0.717, 1.165) is 5.56 Å². The Morgan fingerprint density at radius 2 is 1.88 bits per heavy atom. The van der Waals surface area contributed by atoms with Crippen molar-refractivity contribution >= 4 is 17.5 Å². The van der Waals surface area contributed by atoms with Crippen LogP contribution < -0.4 is 15.4 Å². The van der Waals surface area contributed by atoms with Crippen LogP contribution in [0.5, 0.6) is 5.75 Å². The van der Waals surface area contributed by atoms with Crippen LogP contribution in [0.25, 0.3) is 11.5 Å². The highest BCUT2D eigenvalue weighted by Crippen LogP contribution is 2.30. The first-order chi connectivity index (χ1) is 15.4. The van der Waals surface area contributed by atoms with Gasteiger partial charge in [-0.15, -0.1) is 0 Å². The molecule has 3 rings (SSSR count). The van der Waals surface area contributed by atoms with Gasteiger partial charge in [0.15, 0.2) is 5.82 Å². The molecule has 0 saturated carbocycles. The molecule has 1 aromatic heterocycles. The second-order valence-electron chi connectivity index (χ2n) is 7.75. The van der Waals surface area contributed by atoms with Gasteiger partial charge in [0.25, 0.3) is 11.8 Å². The van der Waals surface area contributed by atoms with Gasteiger partial charge in [-0.1, -0.05) is 31.1 Å². The van der Waals surface area contributed by atoms with E-state index in [0.29, 0.717) is 47.2 Å². The van der Waals surface area contributed by atoms with Gasteiger partial charge >= 0.3 is 0 Å². The lowest BCUT2D eigenvalue weighted by molar-refractivity contribution is -0.116. The number of ether oxygens (including phenoxy) is 1. The van der Waals surface area contributed by atoms with Crippen LogP contribution in [0.4, 0.5) is 5.69 Å². The van der Waals surface area contributed by atoms with E-state index in [1.165, 1.54) is 0 Å². The van der Waals surface area contributed by atoms with Crippen LogP contribution in [-0.4, -0.2) is 35.6 Å². The number of hydrogen-bond acceptors (Lipinski definition) is 6. The third kappa shape index (κ3) is 5.72. The molecule has 0 aliphatic rings. The van der Waals surface area contributed by atoms with Crippen LogP contribution in [0.1, 0.15) is 54.4 Å². The van der Waals surface area contributed by atoms with Gasteiger partial charge in [-0.2, -0.15) is 4.98 Å². The van der Waals surface area contributed by atoms with E-state index in [9.17, 15) is 9.59 Å². The summed E-state index contributed by atoms with van der Waals surface area (Å²) in [6.45, 7) is 6.27. The molecule has 168 valence electrons. The van der Waals surface area contributed by atoms with Crippen molar-refractivity contribution in [3.05, 3.63) is 59.4 Å². The number of methoxy groups -OCH3 is 1. The first kappa shape index (κ1) is 23.0. The highest BCUT2D eigenvalue weighted by Gasteiger charge is 2.17. The molecule has 2 N–H and O–H groups in total. The number of rotatable bonds is 9. The third-order valence-electron chi connectivity index (χ3n) is 4.94. The summed E-state index contributed by atoms with van der Waals surface area (Å²) in [5.74, 6) is 1.48. The van der Waals surface area contributed by atoms with Gasteiger partial charge in [-0.25, -0.2) is 0 Å². The van der Waals surface area contributed by atoms with Crippen molar-refractivity contribution in [2.75, 3.05) is 19.0 Å². The minimum atomic E-state index is -0.188. The van der Waals surface area contributed by atoms with Crippen LogP contribution >= 0.6 is 0 Å².